The van der Waals surface area contributed by atoms with Gasteiger partial charge in [-0.1, -0.05) is 30.3 Å². The number of carbonyl (C=O) groups is 1. The number of hydrogen-bond donors (Lipinski definition) is 2. The highest BCUT2D eigenvalue weighted by Gasteiger charge is 2.34. The van der Waals surface area contributed by atoms with E-state index in [0.29, 0.717) is 6.61 Å². The van der Waals surface area contributed by atoms with Crippen LogP contribution in [0.15, 0.2) is 30.3 Å². The van der Waals surface area contributed by atoms with Crippen molar-refractivity contribution in [1.82, 2.24) is 10.2 Å². The molecular formula is C14H21N3O2. The van der Waals surface area contributed by atoms with E-state index in [-0.39, 0.29) is 12.0 Å². The standard InChI is InChI=1S/C14H21N3O2/c1-19-8-7-17-9-12(11-5-3-2-4-6-11)13(10-17)16-14(15)18/h2-6,12-13H,7-10H2,1H3,(H3,15,16,18)/t12?,13-/m1/s1. The van der Waals surface area contributed by atoms with Crippen molar-refractivity contribution in [3.05, 3.63) is 35.9 Å². The molecule has 1 unspecified atom stereocenters. The van der Waals surface area contributed by atoms with Crippen LogP contribution in [-0.4, -0.2) is 50.3 Å². The Labute approximate surface area is 113 Å². The fourth-order valence-corrected chi connectivity index (χ4v) is 2.66. The highest BCUT2D eigenvalue weighted by molar-refractivity contribution is 5.72. The minimum atomic E-state index is -0.459. The lowest BCUT2D eigenvalue weighted by molar-refractivity contribution is 0.159. The monoisotopic (exact) mass is 263 g/mol. The molecule has 0 bridgehead atoms. The van der Waals surface area contributed by atoms with Gasteiger partial charge in [-0.2, -0.15) is 0 Å². The molecule has 5 heteroatoms. The molecule has 1 aromatic rings. The maximum Gasteiger partial charge on any atom is 0.312 e. The van der Waals surface area contributed by atoms with Crippen molar-refractivity contribution in [2.45, 2.75) is 12.0 Å². The Kier molecular flexibility index (Phi) is 4.76. The number of carbonyl (C=O) groups excluding carboxylic acids is 1. The zero-order valence-electron chi connectivity index (χ0n) is 11.2. The van der Waals surface area contributed by atoms with Gasteiger partial charge in [-0.25, -0.2) is 4.79 Å². The van der Waals surface area contributed by atoms with Gasteiger partial charge in [-0.15, -0.1) is 0 Å². The second-order valence-corrected chi connectivity index (χ2v) is 4.88. The van der Waals surface area contributed by atoms with Crippen molar-refractivity contribution in [2.75, 3.05) is 33.4 Å². The van der Waals surface area contributed by atoms with E-state index in [2.05, 4.69) is 22.3 Å². The normalized spacial score (nSPS) is 23.4. The number of nitrogens with zero attached hydrogens (tertiary/aromatic N) is 1. The van der Waals surface area contributed by atoms with E-state index in [1.165, 1.54) is 5.56 Å². The Morgan fingerprint density at radius 1 is 1.42 bits per heavy atom. The molecule has 1 saturated heterocycles. The summed E-state index contributed by atoms with van der Waals surface area (Å²) in [5.74, 6) is 0.283. The maximum atomic E-state index is 11.1. The Morgan fingerprint density at radius 2 is 2.16 bits per heavy atom. The molecule has 104 valence electrons. The lowest BCUT2D eigenvalue weighted by Crippen LogP contribution is -2.42. The molecule has 0 aliphatic carbocycles. The third kappa shape index (κ3) is 3.68. The second-order valence-electron chi connectivity index (χ2n) is 4.88. The van der Waals surface area contributed by atoms with Crippen LogP contribution in [0, 0.1) is 0 Å². The molecule has 1 aliphatic heterocycles. The zero-order chi connectivity index (χ0) is 13.7. The van der Waals surface area contributed by atoms with E-state index in [1.54, 1.807) is 7.11 Å². The number of likely N-dealkylation sites (tertiary alicyclic amines) is 1. The van der Waals surface area contributed by atoms with Crippen LogP contribution in [0.2, 0.25) is 0 Å². The van der Waals surface area contributed by atoms with Crippen LogP contribution >= 0.6 is 0 Å². The van der Waals surface area contributed by atoms with E-state index in [0.717, 1.165) is 19.6 Å². The number of benzene rings is 1. The van der Waals surface area contributed by atoms with Crippen LogP contribution in [0.4, 0.5) is 4.79 Å². The topological polar surface area (TPSA) is 67.6 Å². The first-order valence-electron chi connectivity index (χ1n) is 6.53. The largest absolute Gasteiger partial charge is 0.383 e. The Bertz CT molecular complexity index is 410. The summed E-state index contributed by atoms with van der Waals surface area (Å²) in [6.07, 6.45) is 0. The quantitative estimate of drug-likeness (QED) is 0.824. The van der Waals surface area contributed by atoms with Crippen LogP contribution in [-0.2, 0) is 4.74 Å². The van der Waals surface area contributed by atoms with Crippen molar-refractivity contribution >= 4 is 6.03 Å². The van der Waals surface area contributed by atoms with E-state index in [4.69, 9.17) is 10.5 Å². The van der Waals surface area contributed by atoms with Crippen molar-refractivity contribution in [2.24, 2.45) is 5.73 Å². The molecular weight excluding hydrogens is 242 g/mol. The van der Waals surface area contributed by atoms with Gasteiger partial charge in [0.05, 0.1) is 12.6 Å². The SMILES string of the molecule is COCCN1CC(c2ccccc2)[C@H](NC(N)=O)C1. The molecule has 1 aromatic carbocycles. The third-order valence-corrected chi connectivity index (χ3v) is 3.56. The van der Waals surface area contributed by atoms with E-state index in [1.807, 2.05) is 18.2 Å². The van der Waals surface area contributed by atoms with Crippen LogP contribution in [0.1, 0.15) is 11.5 Å². The number of amides is 2. The fourth-order valence-electron chi connectivity index (χ4n) is 2.66. The van der Waals surface area contributed by atoms with Gasteiger partial charge in [0.1, 0.15) is 0 Å². The molecule has 1 aliphatic rings. The summed E-state index contributed by atoms with van der Waals surface area (Å²) in [5.41, 5.74) is 6.50. The first-order valence-corrected chi connectivity index (χ1v) is 6.53. The first-order chi connectivity index (χ1) is 9.20. The molecule has 2 rings (SSSR count). The molecule has 2 amide bonds. The minimum Gasteiger partial charge on any atom is -0.383 e. The summed E-state index contributed by atoms with van der Waals surface area (Å²) >= 11 is 0. The minimum absolute atomic E-state index is 0.0664. The summed E-state index contributed by atoms with van der Waals surface area (Å²) in [6, 6.07) is 9.84. The highest BCUT2D eigenvalue weighted by Crippen LogP contribution is 2.27. The number of rotatable bonds is 5. The summed E-state index contributed by atoms with van der Waals surface area (Å²) in [4.78, 5) is 13.4. The number of urea groups is 1. The van der Waals surface area contributed by atoms with Crippen molar-refractivity contribution in [3.63, 3.8) is 0 Å². The second kappa shape index (κ2) is 6.54. The van der Waals surface area contributed by atoms with Crippen molar-refractivity contribution in [3.8, 4) is 0 Å². The lowest BCUT2D eigenvalue weighted by Gasteiger charge is -2.18. The number of ether oxygens (including phenoxy) is 1. The molecule has 1 fully saturated rings. The van der Waals surface area contributed by atoms with Gasteiger partial charge in [0.15, 0.2) is 0 Å². The fraction of sp³-hybridized carbons (Fsp3) is 0.500. The lowest BCUT2D eigenvalue weighted by atomic mass is 9.94. The van der Waals surface area contributed by atoms with Crippen LogP contribution in [0.25, 0.3) is 0 Å². The van der Waals surface area contributed by atoms with E-state index < -0.39 is 6.03 Å². The molecule has 0 saturated carbocycles. The molecule has 2 atom stereocenters. The molecule has 19 heavy (non-hydrogen) atoms. The predicted octanol–water partition coefficient (Wildman–Crippen LogP) is 0.769. The zero-order valence-corrected chi connectivity index (χ0v) is 11.2. The Balaban J connectivity index is 2.07. The number of nitrogens with one attached hydrogen (secondary N) is 1. The van der Waals surface area contributed by atoms with Gasteiger partial charge in [-0.3, -0.25) is 4.90 Å². The number of nitrogens with two attached hydrogens (primary N) is 1. The molecule has 5 nitrogen and oxygen atoms in total. The van der Waals surface area contributed by atoms with Gasteiger partial charge < -0.3 is 15.8 Å². The first kappa shape index (κ1) is 13.8. The Hall–Kier alpha value is -1.59. The van der Waals surface area contributed by atoms with Gasteiger partial charge in [0.25, 0.3) is 0 Å². The van der Waals surface area contributed by atoms with Crippen LogP contribution < -0.4 is 11.1 Å². The van der Waals surface area contributed by atoms with Gasteiger partial charge >= 0.3 is 6.03 Å². The summed E-state index contributed by atoms with van der Waals surface area (Å²) in [7, 11) is 1.70. The number of primary amides is 1. The maximum absolute atomic E-state index is 11.1. The third-order valence-electron chi connectivity index (χ3n) is 3.56. The van der Waals surface area contributed by atoms with Gasteiger partial charge in [0, 0.05) is 32.7 Å². The highest BCUT2D eigenvalue weighted by atomic mass is 16.5. The van der Waals surface area contributed by atoms with Crippen molar-refractivity contribution < 1.29 is 9.53 Å². The Morgan fingerprint density at radius 3 is 2.79 bits per heavy atom. The van der Waals surface area contributed by atoms with E-state index >= 15 is 0 Å². The van der Waals surface area contributed by atoms with Gasteiger partial charge in [0.2, 0.25) is 0 Å². The molecule has 0 aromatic heterocycles. The molecule has 1 heterocycles. The number of methoxy groups -OCH3 is 1. The molecule has 0 radical (unpaired) electrons. The molecule has 3 N–H and O–H groups in total. The van der Waals surface area contributed by atoms with Gasteiger partial charge in [-0.05, 0) is 5.56 Å². The summed E-state index contributed by atoms with van der Waals surface area (Å²) < 4.78 is 5.11. The molecule has 0 spiro atoms. The van der Waals surface area contributed by atoms with Crippen LogP contribution in [0.5, 0.6) is 0 Å². The summed E-state index contributed by atoms with van der Waals surface area (Å²) in [6.45, 7) is 3.30. The van der Waals surface area contributed by atoms with Crippen molar-refractivity contribution in [1.29, 1.82) is 0 Å². The smallest absolute Gasteiger partial charge is 0.312 e. The summed E-state index contributed by atoms with van der Waals surface area (Å²) in [5, 5.41) is 2.85. The number of hydrogen-bond acceptors (Lipinski definition) is 3. The average Bonchev–Trinajstić information content (AvgIpc) is 2.79. The predicted molar refractivity (Wildman–Crippen MR) is 74.0 cm³/mol. The average molecular weight is 263 g/mol. The van der Waals surface area contributed by atoms with Crippen LogP contribution in [0.3, 0.4) is 0 Å². The van der Waals surface area contributed by atoms with E-state index in [9.17, 15) is 4.79 Å².